The Kier molecular flexibility index (Phi) is 2.43. The standard InChI is InChI=1S/C19H27N/c1-13-11-14(2)15(3)17(12-13)20-16(4)18-5-8-19(20,9-6-18)10-7-18/h11-12,16H,5-10H2,1-4H3/t16-,18?,19?/m0/s1. The predicted octanol–water partition coefficient (Wildman–Crippen LogP) is 4.91. The molecule has 3 heterocycles. The third-order valence-electron chi connectivity index (χ3n) is 7.09. The molecule has 3 aliphatic carbocycles. The van der Waals surface area contributed by atoms with E-state index in [0.717, 1.165) is 6.04 Å². The first kappa shape index (κ1) is 12.7. The molecule has 1 aromatic carbocycles. The predicted molar refractivity (Wildman–Crippen MR) is 85.5 cm³/mol. The molecule has 0 aromatic heterocycles. The lowest BCUT2D eigenvalue weighted by Crippen LogP contribution is -2.71. The summed E-state index contributed by atoms with van der Waals surface area (Å²) >= 11 is 0. The average Bonchev–Trinajstić information content (AvgIpc) is 2.45. The van der Waals surface area contributed by atoms with E-state index in [-0.39, 0.29) is 0 Å². The molecule has 6 aliphatic rings. The fourth-order valence-corrected chi connectivity index (χ4v) is 5.60. The highest BCUT2D eigenvalue weighted by Crippen LogP contribution is 2.64. The molecule has 3 saturated carbocycles. The van der Waals surface area contributed by atoms with Gasteiger partial charge in [-0.3, -0.25) is 0 Å². The first-order valence-corrected chi connectivity index (χ1v) is 8.35. The normalized spacial score (nSPS) is 38.6. The zero-order valence-corrected chi connectivity index (χ0v) is 13.4. The summed E-state index contributed by atoms with van der Waals surface area (Å²) < 4.78 is 0. The smallest absolute Gasteiger partial charge is 0.0408 e. The van der Waals surface area contributed by atoms with Crippen molar-refractivity contribution in [3.8, 4) is 0 Å². The van der Waals surface area contributed by atoms with E-state index in [1.165, 1.54) is 55.2 Å². The topological polar surface area (TPSA) is 3.24 Å². The number of anilines is 1. The van der Waals surface area contributed by atoms with Gasteiger partial charge >= 0.3 is 0 Å². The highest BCUT2D eigenvalue weighted by Gasteiger charge is 2.61. The van der Waals surface area contributed by atoms with Crippen LogP contribution in [0.15, 0.2) is 12.1 Å². The van der Waals surface area contributed by atoms with Crippen LogP contribution in [0.2, 0.25) is 0 Å². The summed E-state index contributed by atoms with van der Waals surface area (Å²) in [5.41, 5.74) is 7.04. The maximum Gasteiger partial charge on any atom is 0.0408 e. The van der Waals surface area contributed by atoms with Crippen molar-refractivity contribution in [1.82, 2.24) is 0 Å². The lowest BCUT2D eigenvalue weighted by Gasteiger charge is -2.70. The Morgan fingerprint density at radius 1 is 0.950 bits per heavy atom. The summed E-state index contributed by atoms with van der Waals surface area (Å²) in [6, 6.07) is 5.51. The van der Waals surface area contributed by atoms with Crippen LogP contribution in [0, 0.1) is 26.2 Å². The van der Waals surface area contributed by atoms with Gasteiger partial charge in [-0.25, -0.2) is 0 Å². The van der Waals surface area contributed by atoms with Crippen molar-refractivity contribution >= 4 is 5.69 Å². The highest BCUT2D eigenvalue weighted by molar-refractivity contribution is 5.62. The van der Waals surface area contributed by atoms with Crippen LogP contribution in [-0.2, 0) is 0 Å². The molecule has 20 heavy (non-hydrogen) atoms. The second kappa shape index (κ2) is 3.81. The van der Waals surface area contributed by atoms with Gasteiger partial charge < -0.3 is 4.90 Å². The molecule has 0 radical (unpaired) electrons. The van der Waals surface area contributed by atoms with E-state index in [4.69, 9.17) is 0 Å². The molecule has 0 spiro atoms. The average molecular weight is 269 g/mol. The number of piperidine rings is 3. The van der Waals surface area contributed by atoms with Crippen molar-refractivity contribution in [2.24, 2.45) is 5.41 Å². The zero-order valence-electron chi connectivity index (χ0n) is 13.4. The summed E-state index contributed by atoms with van der Waals surface area (Å²) in [6.45, 7) is 9.34. The van der Waals surface area contributed by atoms with Crippen molar-refractivity contribution in [2.75, 3.05) is 4.90 Å². The van der Waals surface area contributed by atoms with Crippen LogP contribution in [0.25, 0.3) is 0 Å². The molecule has 1 nitrogen and oxygen atoms in total. The first-order chi connectivity index (χ1) is 9.47. The summed E-state index contributed by atoms with van der Waals surface area (Å²) in [5, 5.41) is 0. The van der Waals surface area contributed by atoms with Gasteiger partial charge in [0.25, 0.3) is 0 Å². The van der Waals surface area contributed by atoms with Gasteiger partial charge in [0.1, 0.15) is 0 Å². The monoisotopic (exact) mass is 269 g/mol. The summed E-state index contributed by atoms with van der Waals surface area (Å²) in [7, 11) is 0. The van der Waals surface area contributed by atoms with E-state index in [9.17, 15) is 0 Å². The van der Waals surface area contributed by atoms with Gasteiger partial charge in [0.2, 0.25) is 0 Å². The summed E-state index contributed by atoms with van der Waals surface area (Å²) in [5.74, 6) is 0. The van der Waals surface area contributed by atoms with Gasteiger partial charge in [0.15, 0.2) is 0 Å². The quantitative estimate of drug-likeness (QED) is 0.700. The minimum Gasteiger partial charge on any atom is -0.362 e. The lowest BCUT2D eigenvalue weighted by atomic mass is 9.49. The Labute approximate surface area is 123 Å². The van der Waals surface area contributed by atoms with Crippen LogP contribution < -0.4 is 4.90 Å². The fraction of sp³-hybridized carbons (Fsp3) is 0.684. The summed E-state index contributed by atoms with van der Waals surface area (Å²) in [4.78, 5) is 2.86. The van der Waals surface area contributed by atoms with Crippen molar-refractivity contribution in [1.29, 1.82) is 0 Å². The van der Waals surface area contributed by atoms with Crippen LogP contribution in [-0.4, -0.2) is 11.6 Å². The molecule has 0 N–H and O–H groups in total. The fourth-order valence-electron chi connectivity index (χ4n) is 5.60. The van der Waals surface area contributed by atoms with Gasteiger partial charge in [-0.15, -0.1) is 0 Å². The maximum absolute atomic E-state index is 2.86. The van der Waals surface area contributed by atoms with E-state index in [1.54, 1.807) is 5.69 Å². The van der Waals surface area contributed by atoms with Gasteiger partial charge in [-0.05, 0) is 94.4 Å². The van der Waals surface area contributed by atoms with Gasteiger partial charge in [-0.2, -0.15) is 0 Å². The van der Waals surface area contributed by atoms with E-state index >= 15 is 0 Å². The number of hydrogen-bond donors (Lipinski definition) is 0. The number of hydrogen-bond acceptors (Lipinski definition) is 1. The molecule has 3 saturated heterocycles. The van der Waals surface area contributed by atoms with E-state index in [2.05, 4.69) is 44.7 Å². The molecular weight excluding hydrogens is 242 g/mol. The van der Waals surface area contributed by atoms with Crippen LogP contribution >= 0.6 is 0 Å². The zero-order chi connectivity index (χ0) is 14.1. The van der Waals surface area contributed by atoms with Gasteiger partial charge in [-0.1, -0.05) is 6.07 Å². The minimum absolute atomic E-state index is 0.490. The molecule has 7 rings (SSSR count). The molecule has 1 aromatic rings. The van der Waals surface area contributed by atoms with E-state index in [0.29, 0.717) is 11.0 Å². The molecule has 0 amide bonds. The van der Waals surface area contributed by atoms with Crippen LogP contribution in [0.5, 0.6) is 0 Å². The molecule has 6 fully saturated rings. The molecule has 1 heteroatoms. The molecule has 1 atom stereocenters. The number of benzene rings is 1. The molecule has 0 unspecified atom stereocenters. The Bertz CT molecular complexity index is 547. The molecular formula is C19H27N. The lowest BCUT2D eigenvalue weighted by molar-refractivity contribution is -0.0447. The third-order valence-corrected chi connectivity index (χ3v) is 7.09. The minimum atomic E-state index is 0.490. The Morgan fingerprint density at radius 2 is 1.55 bits per heavy atom. The van der Waals surface area contributed by atoms with Gasteiger partial charge in [0, 0.05) is 17.3 Å². The number of rotatable bonds is 1. The van der Waals surface area contributed by atoms with Crippen molar-refractivity contribution in [2.45, 2.75) is 77.8 Å². The number of aryl methyl sites for hydroxylation is 2. The van der Waals surface area contributed by atoms with E-state index in [1.807, 2.05) is 0 Å². The second-order valence-electron chi connectivity index (χ2n) is 7.86. The van der Waals surface area contributed by atoms with Crippen LogP contribution in [0.1, 0.15) is 62.1 Å². The van der Waals surface area contributed by atoms with Crippen molar-refractivity contribution < 1.29 is 0 Å². The molecule has 3 aliphatic heterocycles. The number of nitrogens with zero attached hydrogens (tertiary/aromatic N) is 1. The largest absolute Gasteiger partial charge is 0.362 e. The molecule has 2 bridgehead atoms. The van der Waals surface area contributed by atoms with Gasteiger partial charge in [0.05, 0.1) is 0 Å². The van der Waals surface area contributed by atoms with Crippen molar-refractivity contribution in [3.05, 3.63) is 28.8 Å². The van der Waals surface area contributed by atoms with Crippen LogP contribution in [0.3, 0.4) is 0 Å². The van der Waals surface area contributed by atoms with Crippen LogP contribution in [0.4, 0.5) is 5.69 Å². The SMILES string of the molecule is Cc1cc(C)c(C)c(N2[C@@H](C)C34CCC2(CC3)CC4)c1. The summed E-state index contributed by atoms with van der Waals surface area (Å²) in [6.07, 6.45) is 8.74. The third kappa shape index (κ3) is 1.39. The second-order valence-corrected chi connectivity index (χ2v) is 7.86. The Morgan fingerprint density at radius 3 is 2.10 bits per heavy atom. The first-order valence-electron chi connectivity index (χ1n) is 8.35. The highest BCUT2D eigenvalue weighted by atomic mass is 15.3. The maximum atomic E-state index is 2.86. The van der Waals surface area contributed by atoms with Crippen molar-refractivity contribution in [3.63, 3.8) is 0 Å². The Hall–Kier alpha value is -0.980. The van der Waals surface area contributed by atoms with E-state index < -0.39 is 0 Å². The Balaban J connectivity index is 1.88. The molecule has 108 valence electrons.